The van der Waals surface area contributed by atoms with Crippen molar-refractivity contribution in [1.29, 1.82) is 0 Å². The van der Waals surface area contributed by atoms with Crippen molar-refractivity contribution >= 4 is 40.7 Å². The maximum atomic E-state index is 6.14. The third-order valence-electron chi connectivity index (χ3n) is 3.68. The first-order valence-corrected chi connectivity index (χ1v) is 9.48. The summed E-state index contributed by atoms with van der Waals surface area (Å²) in [5.41, 5.74) is 3.15. The third-order valence-corrected chi connectivity index (χ3v) is 5.24. The predicted octanol–water partition coefficient (Wildman–Crippen LogP) is 5.68. The number of nitrogens with one attached hydrogen (secondary N) is 1. The van der Waals surface area contributed by atoms with Crippen molar-refractivity contribution in [2.45, 2.75) is 36.9 Å². The maximum Gasteiger partial charge on any atom is 0.104 e. The molecule has 0 unspecified atom stereocenters. The molecule has 0 saturated heterocycles. The first-order valence-electron chi connectivity index (χ1n) is 7.91. The van der Waals surface area contributed by atoms with Crippen LogP contribution in [0.25, 0.3) is 0 Å². The van der Waals surface area contributed by atoms with Crippen molar-refractivity contribution < 1.29 is 0 Å². The first-order chi connectivity index (χ1) is 12.1. The Morgan fingerprint density at radius 1 is 1.20 bits per heavy atom. The number of aromatic nitrogens is 3. The lowest BCUT2D eigenvalue weighted by Gasteiger charge is -2.10. The van der Waals surface area contributed by atoms with E-state index >= 15 is 0 Å². The van der Waals surface area contributed by atoms with Crippen LogP contribution in [0.4, 0.5) is 5.69 Å². The summed E-state index contributed by atoms with van der Waals surface area (Å²) in [4.78, 5) is 5.13. The van der Waals surface area contributed by atoms with E-state index in [1.807, 2.05) is 42.1 Å². The molecule has 0 bridgehead atoms. The van der Waals surface area contributed by atoms with Gasteiger partial charge in [-0.1, -0.05) is 35.0 Å². The molecule has 2 heterocycles. The van der Waals surface area contributed by atoms with Gasteiger partial charge in [-0.25, -0.2) is 0 Å². The van der Waals surface area contributed by atoms with Gasteiger partial charge in [-0.05, 0) is 44.2 Å². The predicted molar refractivity (Wildman–Crippen MR) is 105 cm³/mol. The molecule has 0 saturated carbocycles. The molecule has 3 rings (SSSR count). The van der Waals surface area contributed by atoms with Gasteiger partial charge in [-0.2, -0.15) is 5.10 Å². The van der Waals surface area contributed by atoms with Gasteiger partial charge in [0.25, 0.3) is 0 Å². The summed E-state index contributed by atoms with van der Waals surface area (Å²) in [7, 11) is 0. The van der Waals surface area contributed by atoms with Crippen LogP contribution in [0.3, 0.4) is 0 Å². The van der Waals surface area contributed by atoms with Gasteiger partial charge in [0.15, 0.2) is 0 Å². The van der Waals surface area contributed by atoms with E-state index in [0.717, 1.165) is 33.4 Å². The number of hydrogen-bond acceptors (Lipinski definition) is 4. The van der Waals surface area contributed by atoms with Crippen LogP contribution in [0.15, 0.2) is 52.6 Å². The Bertz CT molecular complexity index is 845. The SMILES string of the molecule is CCn1nc(C)c(CNc2cccnc2)c1Sc1cc(Cl)cc(Cl)c1. The number of halogens is 2. The van der Waals surface area contributed by atoms with Crippen LogP contribution in [-0.4, -0.2) is 14.8 Å². The Hall–Kier alpha value is -1.69. The molecule has 4 nitrogen and oxygen atoms in total. The number of rotatable bonds is 6. The monoisotopic (exact) mass is 392 g/mol. The van der Waals surface area contributed by atoms with Gasteiger partial charge in [0.2, 0.25) is 0 Å². The van der Waals surface area contributed by atoms with E-state index in [1.54, 1.807) is 24.0 Å². The normalized spacial score (nSPS) is 10.9. The molecule has 0 aliphatic rings. The van der Waals surface area contributed by atoms with Crippen molar-refractivity contribution in [2.24, 2.45) is 0 Å². The molecule has 0 fully saturated rings. The van der Waals surface area contributed by atoms with Gasteiger partial charge in [0.05, 0.1) is 11.4 Å². The minimum atomic E-state index is 0.629. The molecule has 0 atom stereocenters. The molecule has 0 radical (unpaired) electrons. The number of aryl methyl sites for hydroxylation is 2. The largest absolute Gasteiger partial charge is 0.380 e. The molecule has 0 aliphatic carbocycles. The van der Waals surface area contributed by atoms with Crippen LogP contribution in [0.5, 0.6) is 0 Å². The number of pyridine rings is 1. The second kappa shape index (κ2) is 8.13. The smallest absolute Gasteiger partial charge is 0.104 e. The van der Waals surface area contributed by atoms with E-state index in [0.29, 0.717) is 16.6 Å². The van der Waals surface area contributed by atoms with Crippen molar-refractivity contribution in [3.8, 4) is 0 Å². The van der Waals surface area contributed by atoms with E-state index < -0.39 is 0 Å². The molecule has 0 aliphatic heterocycles. The van der Waals surface area contributed by atoms with E-state index in [4.69, 9.17) is 23.2 Å². The topological polar surface area (TPSA) is 42.7 Å². The Kier molecular flexibility index (Phi) is 5.89. The average Bonchev–Trinajstić information content (AvgIpc) is 2.88. The Morgan fingerprint density at radius 3 is 2.60 bits per heavy atom. The fraction of sp³-hybridized carbons (Fsp3) is 0.222. The van der Waals surface area contributed by atoms with Crippen molar-refractivity contribution in [3.63, 3.8) is 0 Å². The molecule has 0 amide bonds. The molecule has 130 valence electrons. The molecule has 3 aromatic rings. The van der Waals surface area contributed by atoms with Crippen LogP contribution in [0, 0.1) is 6.92 Å². The lowest BCUT2D eigenvalue weighted by Crippen LogP contribution is -2.03. The van der Waals surface area contributed by atoms with Crippen molar-refractivity contribution in [2.75, 3.05) is 5.32 Å². The van der Waals surface area contributed by atoms with E-state index in [9.17, 15) is 0 Å². The molecule has 25 heavy (non-hydrogen) atoms. The highest BCUT2D eigenvalue weighted by atomic mass is 35.5. The van der Waals surface area contributed by atoms with Crippen LogP contribution in [-0.2, 0) is 13.1 Å². The number of hydrogen-bond donors (Lipinski definition) is 1. The lowest BCUT2D eigenvalue weighted by atomic mass is 10.2. The van der Waals surface area contributed by atoms with E-state index in [1.165, 1.54) is 0 Å². The van der Waals surface area contributed by atoms with Crippen LogP contribution in [0.2, 0.25) is 10.0 Å². The highest BCUT2D eigenvalue weighted by molar-refractivity contribution is 7.99. The fourth-order valence-electron chi connectivity index (χ4n) is 2.49. The van der Waals surface area contributed by atoms with Gasteiger partial charge in [-0.15, -0.1) is 0 Å². The highest BCUT2D eigenvalue weighted by Crippen LogP contribution is 2.35. The van der Waals surface area contributed by atoms with Gasteiger partial charge >= 0.3 is 0 Å². The molecule has 1 aromatic carbocycles. The summed E-state index contributed by atoms with van der Waals surface area (Å²) in [6, 6.07) is 9.47. The zero-order valence-electron chi connectivity index (χ0n) is 14.0. The second-order valence-corrected chi connectivity index (χ2v) is 7.42. The van der Waals surface area contributed by atoms with Crippen molar-refractivity contribution in [1.82, 2.24) is 14.8 Å². The summed E-state index contributed by atoms with van der Waals surface area (Å²) in [6.45, 7) is 5.58. The highest BCUT2D eigenvalue weighted by Gasteiger charge is 2.16. The fourth-order valence-corrected chi connectivity index (χ4v) is 4.36. The van der Waals surface area contributed by atoms with Crippen LogP contribution in [0.1, 0.15) is 18.2 Å². The summed E-state index contributed by atoms with van der Waals surface area (Å²) < 4.78 is 2.01. The molecular weight excluding hydrogens is 375 g/mol. The second-order valence-electron chi connectivity index (χ2n) is 5.49. The van der Waals surface area contributed by atoms with Gasteiger partial charge < -0.3 is 5.32 Å². The standard InChI is InChI=1S/C18H18Cl2N4S/c1-3-24-18(25-16-8-13(19)7-14(20)9-16)17(12(2)23-24)11-22-15-5-4-6-21-10-15/h4-10,22H,3,11H2,1-2H3. The summed E-state index contributed by atoms with van der Waals surface area (Å²) >= 11 is 13.9. The molecular formula is C18H18Cl2N4S. The van der Waals surface area contributed by atoms with Crippen LogP contribution < -0.4 is 5.32 Å². The maximum absolute atomic E-state index is 6.14. The average molecular weight is 393 g/mol. The number of benzene rings is 1. The lowest BCUT2D eigenvalue weighted by molar-refractivity contribution is 0.599. The Balaban J connectivity index is 1.89. The summed E-state index contributed by atoms with van der Waals surface area (Å²) in [5, 5.41) is 10.4. The zero-order valence-corrected chi connectivity index (χ0v) is 16.3. The summed E-state index contributed by atoms with van der Waals surface area (Å²) in [6.07, 6.45) is 3.57. The minimum absolute atomic E-state index is 0.629. The zero-order chi connectivity index (χ0) is 17.8. The minimum Gasteiger partial charge on any atom is -0.380 e. The number of nitrogens with zero attached hydrogens (tertiary/aromatic N) is 3. The van der Waals surface area contributed by atoms with Gasteiger partial charge in [0, 0.05) is 46.0 Å². The molecule has 1 N–H and O–H groups in total. The summed E-state index contributed by atoms with van der Waals surface area (Å²) in [5.74, 6) is 0. The molecule has 2 aromatic heterocycles. The van der Waals surface area contributed by atoms with E-state index in [2.05, 4.69) is 22.3 Å². The van der Waals surface area contributed by atoms with Crippen molar-refractivity contribution in [3.05, 3.63) is 64.0 Å². The Morgan fingerprint density at radius 2 is 1.96 bits per heavy atom. The Labute approximate surface area is 161 Å². The number of anilines is 1. The quantitative estimate of drug-likeness (QED) is 0.585. The molecule has 7 heteroatoms. The van der Waals surface area contributed by atoms with E-state index in [-0.39, 0.29) is 0 Å². The third kappa shape index (κ3) is 4.48. The van der Waals surface area contributed by atoms with Crippen LogP contribution >= 0.6 is 35.0 Å². The molecule has 0 spiro atoms. The first kappa shape index (κ1) is 18.1. The van der Waals surface area contributed by atoms with Gasteiger partial charge in [0.1, 0.15) is 5.03 Å². The van der Waals surface area contributed by atoms with Gasteiger partial charge in [-0.3, -0.25) is 9.67 Å².